The third-order valence-electron chi connectivity index (χ3n) is 17.0. The highest BCUT2D eigenvalue weighted by Crippen LogP contribution is 2.45. The number of carbonyl (C=O) groups is 4. The molecular formula is C71H138O17P2. The van der Waals surface area contributed by atoms with Crippen molar-refractivity contribution >= 4 is 39.5 Å². The average Bonchev–Trinajstić information content (AvgIpc) is 3.42. The van der Waals surface area contributed by atoms with Crippen LogP contribution in [0, 0.1) is 23.7 Å². The van der Waals surface area contributed by atoms with Gasteiger partial charge in [-0.3, -0.25) is 37.3 Å². The minimum atomic E-state index is -4.95. The fraction of sp³-hybridized carbons (Fsp3) is 0.944. The van der Waals surface area contributed by atoms with E-state index in [1.54, 1.807) is 0 Å². The molecule has 0 aliphatic rings. The standard InChI is InChI=1S/C71H138O17P2/c1-9-63(7)49-41-33-25-20-22-28-37-45-53-70(75)87-66(57-81-68(73)51-43-35-26-18-16-14-12-11-13-15-17-23-31-39-47-61(3)4)59-85-89(77,78)83-55-65(72)56-84-90(79,80)86-60-67(88-71(76)54-46-38-30-29-34-42-50-64(8)10-2)58-82-69(74)52-44-36-27-21-19-24-32-40-48-62(5)6/h61-67,72H,9-60H2,1-8H3,(H,77,78)(H,79,80)/t63?,64?,65?,66-,67-/m1/s1. The van der Waals surface area contributed by atoms with Crippen LogP contribution in [-0.4, -0.2) is 96.7 Å². The summed E-state index contributed by atoms with van der Waals surface area (Å²) in [6.07, 6.45) is 43.1. The molecule has 0 saturated carbocycles. The van der Waals surface area contributed by atoms with Crippen LogP contribution in [0.2, 0.25) is 0 Å². The van der Waals surface area contributed by atoms with Crippen molar-refractivity contribution in [3.63, 3.8) is 0 Å². The molecule has 90 heavy (non-hydrogen) atoms. The summed E-state index contributed by atoms with van der Waals surface area (Å²) < 4.78 is 68.3. The highest BCUT2D eigenvalue weighted by molar-refractivity contribution is 7.47. The molecule has 0 heterocycles. The zero-order valence-electron chi connectivity index (χ0n) is 58.8. The van der Waals surface area contributed by atoms with Crippen LogP contribution in [0.5, 0.6) is 0 Å². The lowest BCUT2D eigenvalue weighted by molar-refractivity contribution is -0.161. The molecule has 0 bridgehead atoms. The van der Waals surface area contributed by atoms with Crippen molar-refractivity contribution in [3.8, 4) is 0 Å². The number of carbonyl (C=O) groups excluding carboxylic acids is 4. The van der Waals surface area contributed by atoms with Gasteiger partial charge in [0.1, 0.15) is 19.3 Å². The fourth-order valence-electron chi connectivity index (χ4n) is 10.6. The van der Waals surface area contributed by atoms with Gasteiger partial charge in [-0.05, 0) is 49.4 Å². The van der Waals surface area contributed by atoms with Gasteiger partial charge in [0.05, 0.1) is 26.4 Å². The predicted molar refractivity (Wildman–Crippen MR) is 363 cm³/mol. The molecule has 0 saturated heterocycles. The van der Waals surface area contributed by atoms with Crippen molar-refractivity contribution in [1.29, 1.82) is 0 Å². The van der Waals surface area contributed by atoms with Gasteiger partial charge in [0, 0.05) is 25.7 Å². The predicted octanol–water partition coefficient (Wildman–Crippen LogP) is 20.1. The number of aliphatic hydroxyl groups is 1. The monoisotopic (exact) mass is 1320 g/mol. The Bertz CT molecular complexity index is 1790. The summed E-state index contributed by atoms with van der Waals surface area (Å²) in [5, 5.41) is 10.6. The van der Waals surface area contributed by atoms with Crippen molar-refractivity contribution in [2.75, 3.05) is 39.6 Å². The number of esters is 4. The first-order valence-corrected chi connectivity index (χ1v) is 39.8. The Kier molecular flexibility index (Phi) is 59.4. The molecule has 19 heteroatoms. The van der Waals surface area contributed by atoms with Gasteiger partial charge in [0.2, 0.25) is 0 Å². The summed E-state index contributed by atoms with van der Waals surface area (Å²) in [5.74, 6) is 0.883. The molecule has 5 unspecified atom stereocenters. The van der Waals surface area contributed by atoms with E-state index in [0.717, 1.165) is 114 Å². The largest absolute Gasteiger partial charge is 0.472 e. The molecule has 0 aromatic heterocycles. The number of aliphatic hydroxyl groups excluding tert-OH is 1. The zero-order chi connectivity index (χ0) is 66.8. The first-order valence-electron chi connectivity index (χ1n) is 36.8. The minimum absolute atomic E-state index is 0.102. The molecule has 3 N–H and O–H groups in total. The average molecular weight is 1330 g/mol. The van der Waals surface area contributed by atoms with E-state index in [1.165, 1.54) is 154 Å². The Morgan fingerprint density at radius 2 is 0.533 bits per heavy atom. The van der Waals surface area contributed by atoms with E-state index in [1.807, 2.05) is 0 Å². The molecule has 0 fully saturated rings. The first kappa shape index (κ1) is 88.1. The van der Waals surface area contributed by atoms with Gasteiger partial charge in [0.25, 0.3) is 0 Å². The maximum absolute atomic E-state index is 13.0. The van der Waals surface area contributed by atoms with Crippen molar-refractivity contribution in [2.45, 2.75) is 369 Å². The molecule has 0 amide bonds. The summed E-state index contributed by atoms with van der Waals surface area (Å²) in [6, 6.07) is 0. The van der Waals surface area contributed by atoms with Gasteiger partial charge >= 0.3 is 39.5 Å². The molecule has 0 rings (SSSR count). The van der Waals surface area contributed by atoms with Crippen molar-refractivity contribution in [1.82, 2.24) is 0 Å². The summed E-state index contributed by atoms with van der Waals surface area (Å²) in [6.45, 7) is 14.1. The molecule has 0 aromatic rings. The Morgan fingerprint density at radius 1 is 0.311 bits per heavy atom. The third-order valence-corrected chi connectivity index (χ3v) is 18.9. The summed E-state index contributed by atoms with van der Waals surface area (Å²) in [7, 11) is -9.90. The van der Waals surface area contributed by atoms with E-state index in [4.69, 9.17) is 37.0 Å². The SMILES string of the molecule is CCC(C)CCCCCCCCCCC(=O)O[C@H](COC(=O)CCCCCCCCCCCCCCCCC(C)C)COP(=O)(O)OCC(O)COP(=O)(O)OC[C@@H](COC(=O)CCCCCCCCCCC(C)C)OC(=O)CCCCCCCCC(C)CC. The molecule has 534 valence electrons. The third kappa shape index (κ3) is 62.2. The molecule has 7 atom stereocenters. The number of ether oxygens (including phenoxy) is 4. The number of hydrogen-bond donors (Lipinski definition) is 3. The molecule has 0 radical (unpaired) electrons. The Morgan fingerprint density at radius 3 is 0.789 bits per heavy atom. The van der Waals surface area contributed by atoms with Gasteiger partial charge in [-0.25, -0.2) is 9.13 Å². The second kappa shape index (κ2) is 60.7. The Labute approximate surface area is 549 Å². The normalized spacial score (nSPS) is 14.9. The van der Waals surface area contributed by atoms with Crippen LogP contribution in [0.1, 0.15) is 351 Å². The number of rotatable bonds is 68. The Hall–Kier alpha value is -1.94. The number of phosphoric acid groups is 2. The lowest BCUT2D eigenvalue weighted by atomic mass is 9.99. The van der Waals surface area contributed by atoms with Crippen LogP contribution in [-0.2, 0) is 65.4 Å². The van der Waals surface area contributed by atoms with E-state index in [0.29, 0.717) is 25.7 Å². The van der Waals surface area contributed by atoms with Crippen molar-refractivity contribution in [2.24, 2.45) is 23.7 Å². The molecular weight excluding hydrogens is 1190 g/mol. The van der Waals surface area contributed by atoms with Gasteiger partial charge in [-0.2, -0.15) is 0 Å². The second-order valence-corrected chi connectivity index (χ2v) is 30.0. The maximum Gasteiger partial charge on any atom is 0.472 e. The molecule has 0 aliphatic heterocycles. The highest BCUT2D eigenvalue weighted by atomic mass is 31.2. The summed E-state index contributed by atoms with van der Waals surface area (Å²) >= 11 is 0. The van der Waals surface area contributed by atoms with Crippen LogP contribution in [0.3, 0.4) is 0 Å². The maximum atomic E-state index is 13.0. The van der Waals surface area contributed by atoms with E-state index < -0.39 is 97.5 Å². The van der Waals surface area contributed by atoms with Crippen LogP contribution in [0.4, 0.5) is 0 Å². The Balaban J connectivity index is 5.23. The van der Waals surface area contributed by atoms with E-state index >= 15 is 0 Å². The van der Waals surface area contributed by atoms with Gasteiger partial charge in [-0.1, -0.05) is 299 Å². The highest BCUT2D eigenvalue weighted by Gasteiger charge is 2.30. The minimum Gasteiger partial charge on any atom is -0.462 e. The number of hydrogen-bond acceptors (Lipinski definition) is 15. The topological polar surface area (TPSA) is 237 Å². The second-order valence-electron chi connectivity index (χ2n) is 27.1. The summed E-state index contributed by atoms with van der Waals surface area (Å²) in [4.78, 5) is 72.6. The van der Waals surface area contributed by atoms with Crippen LogP contribution < -0.4 is 0 Å². The number of phosphoric ester groups is 2. The van der Waals surface area contributed by atoms with Crippen LogP contribution in [0.15, 0.2) is 0 Å². The number of unbranched alkanes of at least 4 members (excludes halogenated alkanes) is 32. The molecule has 0 spiro atoms. The van der Waals surface area contributed by atoms with Gasteiger partial charge in [-0.15, -0.1) is 0 Å². The fourth-order valence-corrected chi connectivity index (χ4v) is 12.2. The van der Waals surface area contributed by atoms with Crippen molar-refractivity contribution in [3.05, 3.63) is 0 Å². The lowest BCUT2D eigenvalue weighted by Gasteiger charge is -2.21. The molecule has 17 nitrogen and oxygen atoms in total. The van der Waals surface area contributed by atoms with Gasteiger partial charge < -0.3 is 33.8 Å². The lowest BCUT2D eigenvalue weighted by Crippen LogP contribution is -2.30. The summed E-state index contributed by atoms with van der Waals surface area (Å²) in [5.41, 5.74) is 0. The molecule has 0 aliphatic carbocycles. The van der Waals surface area contributed by atoms with Crippen LogP contribution >= 0.6 is 15.6 Å². The molecule has 0 aromatic carbocycles. The van der Waals surface area contributed by atoms with E-state index in [9.17, 15) is 43.2 Å². The van der Waals surface area contributed by atoms with E-state index in [-0.39, 0.29) is 25.7 Å². The first-order chi connectivity index (χ1) is 43.2. The van der Waals surface area contributed by atoms with Crippen LogP contribution in [0.25, 0.3) is 0 Å². The quantitative estimate of drug-likeness (QED) is 0.0222. The zero-order valence-corrected chi connectivity index (χ0v) is 60.6. The van der Waals surface area contributed by atoms with Crippen molar-refractivity contribution < 1.29 is 80.2 Å². The van der Waals surface area contributed by atoms with E-state index in [2.05, 4.69) is 55.4 Å². The smallest absolute Gasteiger partial charge is 0.462 e. The van der Waals surface area contributed by atoms with Gasteiger partial charge in [0.15, 0.2) is 12.2 Å².